The first-order valence-electron chi connectivity index (χ1n) is 13.3. The summed E-state index contributed by atoms with van der Waals surface area (Å²) in [7, 11) is 0.647. The third-order valence-electron chi connectivity index (χ3n) is 7.08. The molecule has 3 aromatic rings. The van der Waals surface area contributed by atoms with Crippen LogP contribution < -0.4 is 20.4 Å². The lowest BCUT2D eigenvalue weighted by molar-refractivity contribution is -0.127. The smallest absolute Gasteiger partial charge is 0.340 e. The fourth-order valence-corrected chi connectivity index (χ4v) is 5.15. The van der Waals surface area contributed by atoms with Gasteiger partial charge in [0.2, 0.25) is 5.91 Å². The molecule has 1 saturated heterocycles. The highest BCUT2D eigenvalue weighted by Crippen LogP contribution is 2.26. The Kier molecular flexibility index (Phi) is 9.56. The Morgan fingerprint density at radius 1 is 1.15 bits per heavy atom. The van der Waals surface area contributed by atoms with E-state index in [1.807, 2.05) is 12.1 Å². The predicted molar refractivity (Wildman–Crippen MR) is 153 cm³/mol. The standard InChI is InChI=1S/C28H36FN5O5S/c1-30-40(37,38)32-24-8-4-7-20(27(24)29)17-22-23(18-31-11-5-12-34-13-6-14-34)21-10-9-19(16-26(35)33(2)3)15-25(21)39-28(22)36/h4,7-10,15,30-32H,5-6,11-14,16-18H2,1-3H3. The van der Waals surface area contributed by atoms with E-state index in [1.165, 1.54) is 36.6 Å². The number of rotatable bonds is 13. The van der Waals surface area contributed by atoms with Gasteiger partial charge in [-0.3, -0.25) is 9.52 Å². The number of benzene rings is 2. The van der Waals surface area contributed by atoms with Crippen molar-refractivity contribution in [2.45, 2.75) is 32.2 Å². The SMILES string of the molecule is CNS(=O)(=O)Nc1cccc(Cc2c(CNCCCN3CCC3)c3ccc(CC(=O)N(C)C)cc3oc2=O)c1F. The highest BCUT2D eigenvalue weighted by Gasteiger charge is 2.20. The lowest BCUT2D eigenvalue weighted by atomic mass is 9.96. The van der Waals surface area contributed by atoms with Gasteiger partial charge in [-0.1, -0.05) is 24.3 Å². The molecule has 216 valence electrons. The molecule has 1 aliphatic heterocycles. The molecule has 0 radical (unpaired) electrons. The molecule has 3 N–H and O–H groups in total. The number of halogens is 1. The summed E-state index contributed by atoms with van der Waals surface area (Å²) >= 11 is 0. The summed E-state index contributed by atoms with van der Waals surface area (Å²) in [6.07, 6.45) is 2.26. The van der Waals surface area contributed by atoms with Gasteiger partial charge in [0.05, 0.1) is 12.1 Å². The van der Waals surface area contributed by atoms with E-state index in [-0.39, 0.29) is 35.6 Å². The molecule has 1 aliphatic rings. The zero-order valence-corrected chi connectivity index (χ0v) is 23.9. The average Bonchev–Trinajstić information content (AvgIpc) is 2.88. The molecule has 0 bridgehead atoms. The Morgan fingerprint density at radius 3 is 2.60 bits per heavy atom. The van der Waals surface area contributed by atoms with Crippen molar-refractivity contribution in [1.29, 1.82) is 0 Å². The lowest BCUT2D eigenvalue weighted by Gasteiger charge is -2.30. The van der Waals surface area contributed by atoms with Crippen molar-refractivity contribution in [3.05, 3.63) is 74.9 Å². The third kappa shape index (κ3) is 7.25. The van der Waals surface area contributed by atoms with Crippen LogP contribution in [0.3, 0.4) is 0 Å². The Hall–Kier alpha value is -3.32. The van der Waals surface area contributed by atoms with Gasteiger partial charge in [0.15, 0.2) is 5.82 Å². The second-order valence-corrected chi connectivity index (χ2v) is 11.8. The predicted octanol–water partition coefficient (Wildman–Crippen LogP) is 2.22. The quantitative estimate of drug-likeness (QED) is 0.212. The number of anilines is 1. The number of hydrogen-bond acceptors (Lipinski definition) is 7. The molecule has 40 heavy (non-hydrogen) atoms. The van der Waals surface area contributed by atoms with Crippen LogP contribution in [0.15, 0.2) is 45.6 Å². The highest BCUT2D eigenvalue weighted by atomic mass is 32.2. The summed E-state index contributed by atoms with van der Waals surface area (Å²) in [5.74, 6) is -0.849. The number of carbonyl (C=O) groups excluding carboxylic acids is 1. The molecule has 0 saturated carbocycles. The topological polar surface area (TPSA) is 124 Å². The van der Waals surface area contributed by atoms with Crippen molar-refractivity contribution in [2.75, 3.05) is 52.0 Å². The van der Waals surface area contributed by atoms with E-state index < -0.39 is 21.7 Å². The molecular weight excluding hydrogens is 537 g/mol. The van der Waals surface area contributed by atoms with Crippen LogP contribution in [-0.4, -0.2) is 71.4 Å². The molecule has 1 amide bonds. The molecule has 0 unspecified atom stereocenters. The fraction of sp³-hybridized carbons (Fsp3) is 0.429. The summed E-state index contributed by atoms with van der Waals surface area (Å²) in [4.78, 5) is 29.4. The number of likely N-dealkylation sites (N-methyl/N-ethyl adjacent to an activating group) is 1. The lowest BCUT2D eigenvalue weighted by Crippen LogP contribution is -2.38. The minimum atomic E-state index is -3.93. The van der Waals surface area contributed by atoms with Crippen LogP contribution in [0.2, 0.25) is 0 Å². The number of likely N-dealkylation sites (tertiary alicyclic amines) is 1. The molecule has 4 rings (SSSR count). The molecule has 10 nitrogen and oxygen atoms in total. The summed E-state index contributed by atoms with van der Waals surface area (Å²) < 4.78 is 49.1. The van der Waals surface area contributed by atoms with Gasteiger partial charge < -0.3 is 19.5 Å². The van der Waals surface area contributed by atoms with Crippen LogP contribution in [0.5, 0.6) is 0 Å². The maximum Gasteiger partial charge on any atom is 0.340 e. The van der Waals surface area contributed by atoms with Crippen LogP contribution in [0.4, 0.5) is 10.1 Å². The minimum absolute atomic E-state index is 0.0772. The number of carbonyl (C=O) groups is 1. The third-order valence-corrected chi connectivity index (χ3v) is 8.10. The van der Waals surface area contributed by atoms with E-state index in [4.69, 9.17) is 4.42 Å². The van der Waals surface area contributed by atoms with Gasteiger partial charge in [-0.25, -0.2) is 13.9 Å². The first-order valence-corrected chi connectivity index (χ1v) is 14.8. The van der Waals surface area contributed by atoms with E-state index in [2.05, 4.69) is 19.7 Å². The largest absolute Gasteiger partial charge is 0.422 e. The molecule has 2 aromatic carbocycles. The van der Waals surface area contributed by atoms with Gasteiger partial charge in [0.1, 0.15) is 5.58 Å². The summed E-state index contributed by atoms with van der Waals surface area (Å²) in [5.41, 5.74) is 1.35. The van der Waals surface area contributed by atoms with Crippen molar-refractivity contribution in [3.63, 3.8) is 0 Å². The molecule has 0 aliphatic carbocycles. The Bertz CT molecular complexity index is 1540. The molecule has 0 atom stereocenters. The van der Waals surface area contributed by atoms with Gasteiger partial charge in [-0.05, 0) is 67.8 Å². The average molecular weight is 574 g/mol. The van der Waals surface area contributed by atoms with Crippen LogP contribution in [0.25, 0.3) is 11.0 Å². The maximum atomic E-state index is 15.4. The molecule has 0 spiro atoms. The molecule has 12 heteroatoms. The van der Waals surface area contributed by atoms with Gasteiger partial charge in [0.25, 0.3) is 10.2 Å². The van der Waals surface area contributed by atoms with Crippen molar-refractivity contribution in [2.24, 2.45) is 0 Å². The van der Waals surface area contributed by atoms with Gasteiger partial charge in [0, 0.05) is 45.1 Å². The van der Waals surface area contributed by atoms with E-state index in [0.717, 1.165) is 32.6 Å². The number of nitrogens with one attached hydrogen (secondary N) is 3. The first-order chi connectivity index (χ1) is 19.1. The van der Waals surface area contributed by atoms with Crippen LogP contribution in [-0.2, 0) is 34.4 Å². The van der Waals surface area contributed by atoms with Crippen molar-refractivity contribution < 1.29 is 22.0 Å². The van der Waals surface area contributed by atoms with Gasteiger partial charge in [-0.2, -0.15) is 8.42 Å². The van der Waals surface area contributed by atoms with Crippen molar-refractivity contribution in [3.8, 4) is 0 Å². The Balaban J connectivity index is 1.67. The normalized spacial score (nSPS) is 13.8. The van der Waals surface area contributed by atoms with Gasteiger partial charge in [-0.15, -0.1) is 0 Å². The minimum Gasteiger partial charge on any atom is -0.422 e. The van der Waals surface area contributed by atoms with Crippen molar-refractivity contribution >= 4 is 32.8 Å². The maximum absolute atomic E-state index is 15.4. The van der Waals surface area contributed by atoms with E-state index in [9.17, 15) is 18.0 Å². The first kappa shape index (κ1) is 29.7. The van der Waals surface area contributed by atoms with E-state index in [1.54, 1.807) is 20.2 Å². The summed E-state index contributed by atoms with van der Waals surface area (Å²) in [6.45, 7) is 4.36. The number of amides is 1. The number of nitrogens with zero attached hydrogens (tertiary/aromatic N) is 2. The fourth-order valence-electron chi connectivity index (χ4n) is 4.60. The van der Waals surface area contributed by atoms with Crippen LogP contribution in [0, 0.1) is 5.82 Å². The monoisotopic (exact) mass is 573 g/mol. The molecule has 1 fully saturated rings. The molecular formula is C28H36FN5O5S. The van der Waals surface area contributed by atoms with E-state index >= 15 is 4.39 Å². The molecule has 2 heterocycles. The highest BCUT2D eigenvalue weighted by molar-refractivity contribution is 7.90. The number of hydrogen-bond donors (Lipinski definition) is 3. The Labute approximate surface area is 233 Å². The van der Waals surface area contributed by atoms with Crippen LogP contribution in [0.1, 0.15) is 35.1 Å². The second kappa shape index (κ2) is 12.9. The molecule has 1 aromatic heterocycles. The second-order valence-electron chi connectivity index (χ2n) is 10.1. The zero-order chi connectivity index (χ0) is 28.9. The van der Waals surface area contributed by atoms with Gasteiger partial charge >= 0.3 is 5.63 Å². The van der Waals surface area contributed by atoms with Crippen molar-refractivity contribution in [1.82, 2.24) is 19.8 Å². The zero-order valence-electron chi connectivity index (χ0n) is 23.0. The number of fused-ring (bicyclic) bond motifs is 1. The Morgan fingerprint density at radius 2 is 1.93 bits per heavy atom. The van der Waals surface area contributed by atoms with E-state index in [0.29, 0.717) is 28.6 Å². The summed E-state index contributed by atoms with van der Waals surface area (Å²) in [6, 6.07) is 9.70. The summed E-state index contributed by atoms with van der Waals surface area (Å²) in [5, 5.41) is 4.11. The van der Waals surface area contributed by atoms with Crippen LogP contribution >= 0.6 is 0 Å².